The molecule has 196 valence electrons. The van der Waals surface area contributed by atoms with Gasteiger partial charge in [-0.1, -0.05) is 31.5 Å². The second-order valence-corrected chi connectivity index (χ2v) is 11.0. The van der Waals surface area contributed by atoms with Crippen LogP contribution in [-0.4, -0.2) is 52.3 Å². The molecule has 0 saturated heterocycles. The van der Waals surface area contributed by atoms with Crippen molar-refractivity contribution < 1.29 is 19.1 Å². The molecule has 3 unspecified atom stereocenters. The maximum atomic E-state index is 13.9. The summed E-state index contributed by atoms with van der Waals surface area (Å²) in [6, 6.07) is 4.09. The van der Waals surface area contributed by atoms with Crippen molar-refractivity contribution in [2.45, 2.75) is 110 Å². The zero-order chi connectivity index (χ0) is 26.3. The number of nitrogens with zero attached hydrogens (tertiary/aromatic N) is 1. The minimum atomic E-state index is -0.913. The molecule has 0 spiro atoms. The lowest BCUT2D eigenvalue weighted by Crippen LogP contribution is -2.58. The molecule has 0 bridgehead atoms. The fourth-order valence-corrected chi connectivity index (χ4v) is 4.45. The van der Waals surface area contributed by atoms with E-state index in [4.69, 9.17) is 4.74 Å². The molecule has 0 aromatic heterocycles. The van der Waals surface area contributed by atoms with E-state index in [1.165, 1.54) is 0 Å². The van der Waals surface area contributed by atoms with Gasteiger partial charge in [0, 0.05) is 17.8 Å². The van der Waals surface area contributed by atoms with Gasteiger partial charge in [0.1, 0.15) is 17.7 Å². The highest BCUT2D eigenvalue weighted by molar-refractivity contribution is 7.80. The van der Waals surface area contributed by atoms with Crippen LogP contribution in [0.25, 0.3) is 0 Å². The number of amides is 3. The van der Waals surface area contributed by atoms with Crippen LogP contribution < -0.4 is 10.6 Å². The Bertz CT molecular complexity index is 895. The summed E-state index contributed by atoms with van der Waals surface area (Å²) in [6.07, 6.45) is 3.74. The largest absolute Gasteiger partial charge is 0.444 e. The van der Waals surface area contributed by atoms with Gasteiger partial charge in [0.25, 0.3) is 0 Å². The Balaban J connectivity index is 2.45. The summed E-state index contributed by atoms with van der Waals surface area (Å²) in [7, 11) is 0. The molecule has 35 heavy (non-hydrogen) atoms. The highest BCUT2D eigenvalue weighted by Gasteiger charge is 2.42. The van der Waals surface area contributed by atoms with Gasteiger partial charge in [-0.25, -0.2) is 4.79 Å². The van der Waals surface area contributed by atoms with Crippen molar-refractivity contribution in [2.75, 3.05) is 5.75 Å². The average Bonchev–Trinajstić information content (AvgIpc) is 2.71. The summed E-state index contributed by atoms with van der Waals surface area (Å²) < 4.78 is 5.37. The molecule has 1 fully saturated rings. The van der Waals surface area contributed by atoms with Crippen LogP contribution in [0.4, 0.5) is 4.79 Å². The Morgan fingerprint density at radius 1 is 1.14 bits per heavy atom. The van der Waals surface area contributed by atoms with Gasteiger partial charge < -0.3 is 20.3 Å². The molecule has 8 heteroatoms. The molecule has 1 aliphatic rings. The lowest BCUT2D eigenvalue weighted by atomic mass is 9.87. The lowest BCUT2D eigenvalue weighted by Gasteiger charge is -2.43. The summed E-state index contributed by atoms with van der Waals surface area (Å²) >= 11 is 4.35. The highest BCUT2D eigenvalue weighted by atomic mass is 32.1. The topological polar surface area (TPSA) is 87.7 Å². The monoisotopic (exact) mass is 505 g/mol. The van der Waals surface area contributed by atoms with Gasteiger partial charge in [0.2, 0.25) is 11.8 Å². The van der Waals surface area contributed by atoms with E-state index >= 15 is 0 Å². The molecular formula is C27H43N3O4S. The maximum absolute atomic E-state index is 13.9. The van der Waals surface area contributed by atoms with Crippen LogP contribution in [-0.2, 0) is 14.3 Å². The summed E-state index contributed by atoms with van der Waals surface area (Å²) in [4.78, 5) is 41.8. The summed E-state index contributed by atoms with van der Waals surface area (Å²) in [5.74, 6) is -0.434. The number of carbonyl (C=O) groups excluding carboxylic acids is 3. The number of nitrogens with one attached hydrogen (secondary N) is 2. The van der Waals surface area contributed by atoms with Gasteiger partial charge in [-0.2, -0.15) is 12.6 Å². The molecule has 1 aromatic rings. The van der Waals surface area contributed by atoms with Crippen LogP contribution in [0.3, 0.4) is 0 Å². The molecule has 0 radical (unpaired) electrons. The standard InChI is InChI=1S/C27H43N3O4S/c1-8-10-19(4)28-24(31)23(20-14-13-17(2)18(3)15-20)30(21-11-9-12-21)25(32)22(16-35)29-26(33)34-27(5,6)7/h13-15,19,21-23,35H,8-12,16H2,1-7H3,(H,28,31)(H,29,33). The fraction of sp³-hybridized carbons (Fsp3) is 0.667. The third kappa shape index (κ3) is 8.16. The summed E-state index contributed by atoms with van der Waals surface area (Å²) in [6.45, 7) is 13.4. The van der Waals surface area contributed by atoms with Crippen molar-refractivity contribution >= 4 is 30.5 Å². The van der Waals surface area contributed by atoms with Crippen molar-refractivity contribution in [3.63, 3.8) is 0 Å². The van der Waals surface area contributed by atoms with Crippen molar-refractivity contribution in [3.8, 4) is 0 Å². The Kier molecular flexibility index (Phi) is 10.5. The molecule has 3 atom stereocenters. The maximum Gasteiger partial charge on any atom is 0.408 e. The molecule has 0 heterocycles. The Morgan fingerprint density at radius 3 is 2.29 bits per heavy atom. The number of hydrogen-bond donors (Lipinski definition) is 3. The molecule has 0 aliphatic heterocycles. The molecule has 2 N–H and O–H groups in total. The molecule has 1 saturated carbocycles. The first-order valence-corrected chi connectivity index (χ1v) is 13.3. The summed E-state index contributed by atoms with van der Waals surface area (Å²) in [5.41, 5.74) is 2.25. The molecule has 3 amide bonds. The van der Waals surface area contributed by atoms with E-state index in [0.717, 1.165) is 48.8 Å². The first-order chi connectivity index (χ1) is 16.4. The molecule has 7 nitrogen and oxygen atoms in total. The number of benzene rings is 1. The third-order valence-electron chi connectivity index (χ3n) is 6.38. The Morgan fingerprint density at radius 2 is 1.80 bits per heavy atom. The van der Waals surface area contributed by atoms with Crippen LogP contribution in [0.5, 0.6) is 0 Å². The SMILES string of the molecule is CCCC(C)NC(=O)C(c1ccc(C)c(C)c1)N(C(=O)C(CS)NC(=O)OC(C)(C)C)C1CCC1. The van der Waals surface area contributed by atoms with Gasteiger partial charge in [0.15, 0.2) is 0 Å². The quantitative estimate of drug-likeness (QED) is 0.397. The van der Waals surface area contributed by atoms with E-state index in [0.29, 0.717) is 0 Å². The van der Waals surface area contributed by atoms with Crippen molar-refractivity contribution in [3.05, 3.63) is 34.9 Å². The number of aryl methyl sites for hydroxylation is 2. The van der Waals surface area contributed by atoms with Gasteiger partial charge >= 0.3 is 6.09 Å². The van der Waals surface area contributed by atoms with E-state index < -0.39 is 23.8 Å². The second kappa shape index (κ2) is 12.7. The van der Waals surface area contributed by atoms with E-state index in [2.05, 4.69) is 30.2 Å². The zero-order valence-electron chi connectivity index (χ0n) is 22.3. The first-order valence-electron chi connectivity index (χ1n) is 12.7. The number of carbonyl (C=O) groups is 3. The number of hydrogen-bond acceptors (Lipinski definition) is 5. The smallest absolute Gasteiger partial charge is 0.408 e. The van der Waals surface area contributed by atoms with Crippen molar-refractivity contribution in [1.29, 1.82) is 0 Å². The van der Waals surface area contributed by atoms with E-state index in [9.17, 15) is 14.4 Å². The third-order valence-corrected chi connectivity index (χ3v) is 6.74. The highest BCUT2D eigenvalue weighted by Crippen LogP contribution is 2.34. The van der Waals surface area contributed by atoms with Crippen LogP contribution in [0.2, 0.25) is 0 Å². The minimum absolute atomic E-state index is 0.0135. The van der Waals surface area contributed by atoms with Crippen LogP contribution in [0.15, 0.2) is 18.2 Å². The van der Waals surface area contributed by atoms with Crippen molar-refractivity contribution in [1.82, 2.24) is 15.5 Å². The predicted octanol–water partition coefficient (Wildman–Crippen LogP) is 4.85. The normalized spacial score (nSPS) is 16.5. The number of rotatable bonds is 10. The predicted molar refractivity (Wildman–Crippen MR) is 143 cm³/mol. The lowest BCUT2D eigenvalue weighted by molar-refractivity contribution is -0.147. The van der Waals surface area contributed by atoms with Gasteiger partial charge in [0.05, 0.1) is 0 Å². The molecule has 1 aromatic carbocycles. The van der Waals surface area contributed by atoms with E-state index in [1.807, 2.05) is 39.0 Å². The molecule has 1 aliphatic carbocycles. The van der Waals surface area contributed by atoms with Crippen molar-refractivity contribution in [2.24, 2.45) is 0 Å². The summed E-state index contributed by atoms with van der Waals surface area (Å²) in [5, 5.41) is 5.79. The fourth-order valence-electron chi connectivity index (χ4n) is 4.20. The number of alkyl carbamates (subject to hydrolysis) is 1. The number of thiol groups is 1. The van der Waals surface area contributed by atoms with E-state index in [1.54, 1.807) is 25.7 Å². The van der Waals surface area contributed by atoms with Crippen LogP contribution in [0.1, 0.15) is 89.5 Å². The van der Waals surface area contributed by atoms with Gasteiger partial charge in [-0.15, -0.1) is 0 Å². The minimum Gasteiger partial charge on any atom is -0.444 e. The number of ether oxygens (including phenoxy) is 1. The van der Waals surface area contributed by atoms with Gasteiger partial charge in [-0.05, 0) is 83.9 Å². The Hall–Kier alpha value is -2.22. The zero-order valence-corrected chi connectivity index (χ0v) is 23.2. The second-order valence-electron chi connectivity index (χ2n) is 10.7. The first kappa shape index (κ1) is 29.0. The molecular weight excluding hydrogens is 462 g/mol. The molecule has 2 rings (SSSR count). The van der Waals surface area contributed by atoms with E-state index in [-0.39, 0.29) is 29.7 Å². The van der Waals surface area contributed by atoms with Gasteiger partial charge in [-0.3, -0.25) is 9.59 Å². The van der Waals surface area contributed by atoms with Crippen LogP contribution >= 0.6 is 12.6 Å². The van der Waals surface area contributed by atoms with Crippen LogP contribution in [0, 0.1) is 13.8 Å². The average molecular weight is 506 g/mol. The Labute approximate surface area is 216 Å².